The monoisotopic (exact) mass is 717 g/mol. The Bertz CT molecular complexity index is 1140. The molecule has 0 aromatic rings. The maximum absolute atomic E-state index is 14.2. The van der Waals surface area contributed by atoms with Crippen LogP contribution in [0.4, 0.5) is 0 Å². The lowest BCUT2D eigenvalue weighted by Crippen LogP contribution is -2.60. The standard InChI is InChI=1S/C37H67NO12/c1-14-25-37(10)30(40)20(4)28(50-37)18(2)16-35(8,43)32(49-34-27(39)24(38(11)12)15-19(3)45-34)21(5)29(22(6)33(42)47-25)48-26-17-36(9,44-13)31(41)23(7)46-26/h18-32,34,39-41,43H,14-17H2,1-13H3/t18-,19-,20+,21+,22?,23+,24+,25-,26+,27-,28+,29?,30-,31+,32-,34+,35-,36-,37-/m1/s1. The predicted molar refractivity (Wildman–Crippen MR) is 184 cm³/mol. The lowest BCUT2D eigenvalue weighted by molar-refractivity contribution is -0.318. The highest BCUT2D eigenvalue weighted by Crippen LogP contribution is 2.46. The number of fused-ring (bicyclic) bond motifs is 2. The van der Waals surface area contributed by atoms with Gasteiger partial charge in [0.1, 0.15) is 23.9 Å². The molecule has 4 heterocycles. The molecule has 2 unspecified atom stereocenters. The molecule has 13 heteroatoms. The molecule has 4 aliphatic heterocycles. The van der Waals surface area contributed by atoms with E-state index in [2.05, 4.69) is 0 Å². The van der Waals surface area contributed by atoms with Gasteiger partial charge in [0.25, 0.3) is 0 Å². The van der Waals surface area contributed by atoms with Crippen LogP contribution >= 0.6 is 0 Å². The normalized spacial score (nSPS) is 52.6. The van der Waals surface area contributed by atoms with Crippen molar-refractivity contribution in [3.8, 4) is 0 Å². The summed E-state index contributed by atoms with van der Waals surface area (Å²) in [6.45, 7) is 18.3. The van der Waals surface area contributed by atoms with Gasteiger partial charge in [-0.2, -0.15) is 0 Å². The first-order valence-corrected chi connectivity index (χ1v) is 18.6. The zero-order chi connectivity index (χ0) is 37.7. The first-order chi connectivity index (χ1) is 23.1. The Kier molecular flexibility index (Phi) is 13.2. The Morgan fingerprint density at radius 3 is 2.14 bits per heavy atom. The summed E-state index contributed by atoms with van der Waals surface area (Å²) in [5.41, 5.74) is -3.74. The fourth-order valence-electron chi connectivity index (χ4n) is 9.22. The molecule has 0 aromatic carbocycles. The summed E-state index contributed by atoms with van der Waals surface area (Å²) in [7, 11) is 5.31. The second-order valence-electron chi connectivity index (χ2n) is 16.8. The average Bonchev–Trinajstić information content (AvgIpc) is 3.28. The van der Waals surface area contributed by atoms with Gasteiger partial charge in [0.05, 0.1) is 53.7 Å². The molecule has 4 fully saturated rings. The minimum Gasteiger partial charge on any atom is -0.459 e. The van der Waals surface area contributed by atoms with Crippen LogP contribution in [0.2, 0.25) is 0 Å². The molecule has 4 aliphatic rings. The molecule has 19 atom stereocenters. The van der Waals surface area contributed by atoms with E-state index >= 15 is 0 Å². The van der Waals surface area contributed by atoms with E-state index in [9.17, 15) is 25.2 Å². The second kappa shape index (κ2) is 15.8. The largest absolute Gasteiger partial charge is 0.459 e. The number of rotatable bonds is 7. The van der Waals surface area contributed by atoms with Crippen LogP contribution in [0, 0.1) is 23.7 Å². The number of nitrogens with zero attached hydrogens (tertiary/aromatic N) is 1. The van der Waals surface area contributed by atoms with Gasteiger partial charge in [-0.1, -0.05) is 27.7 Å². The maximum Gasteiger partial charge on any atom is 0.311 e. The highest BCUT2D eigenvalue weighted by atomic mass is 16.7. The highest BCUT2D eigenvalue weighted by molar-refractivity contribution is 5.73. The van der Waals surface area contributed by atoms with Crippen LogP contribution < -0.4 is 0 Å². The van der Waals surface area contributed by atoms with Crippen LogP contribution in [0.3, 0.4) is 0 Å². The van der Waals surface area contributed by atoms with Crippen molar-refractivity contribution in [3.63, 3.8) is 0 Å². The maximum atomic E-state index is 14.2. The van der Waals surface area contributed by atoms with Gasteiger partial charge in [0.2, 0.25) is 0 Å². The molecule has 0 amide bonds. The van der Waals surface area contributed by atoms with Crippen molar-refractivity contribution in [1.82, 2.24) is 4.90 Å². The Morgan fingerprint density at radius 2 is 1.56 bits per heavy atom. The number of aliphatic hydroxyl groups is 4. The molecule has 0 saturated carbocycles. The van der Waals surface area contributed by atoms with Crippen molar-refractivity contribution in [2.75, 3.05) is 21.2 Å². The van der Waals surface area contributed by atoms with Crippen LogP contribution in [-0.4, -0.2) is 143 Å². The summed E-state index contributed by atoms with van der Waals surface area (Å²) < 4.78 is 44.4. The lowest BCUT2D eigenvalue weighted by Gasteiger charge is -2.49. The molecule has 0 aromatic heterocycles. The van der Waals surface area contributed by atoms with Crippen molar-refractivity contribution >= 4 is 5.97 Å². The number of likely N-dealkylation sites (N-methyl/N-ethyl adjacent to an activating group) is 1. The summed E-state index contributed by atoms with van der Waals surface area (Å²) >= 11 is 0. The molecular formula is C37H67NO12. The Morgan fingerprint density at radius 1 is 0.920 bits per heavy atom. The zero-order valence-electron chi connectivity index (χ0n) is 32.6. The van der Waals surface area contributed by atoms with Crippen LogP contribution in [-0.2, 0) is 38.0 Å². The fourth-order valence-corrected chi connectivity index (χ4v) is 9.22. The molecule has 4 saturated heterocycles. The number of hydrogen-bond acceptors (Lipinski definition) is 13. The quantitative estimate of drug-likeness (QED) is 0.284. The van der Waals surface area contributed by atoms with E-state index in [0.717, 1.165) is 0 Å². The number of cyclic esters (lactones) is 1. The summed E-state index contributed by atoms with van der Waals surface area (Å²) in [6.07, 6.45) is -7.57. The molecular weight excluding hydrogens is 650 g/mol. The third-order valence-electron chi connectivity index (χ3n) is 12.4. The van der Waals surface area contributed by atoms with E-state index in [1.54, 1.807) is 34.6 Å². The van der Waals surface area contributed by atoms with E-state index in [4.69, 9.17) is 33.2 Å². The Hall–Kier alpha value is -0.970. The topological polar surface area (TPSA) is 166 Å². The average molecular weight is 718 g/mol. The molecule has 292 valence electrons. The van der Waals surface area contributed by atoms with Crippen molar-refractivity contribution in [2.24, 2.45) is 23.7 Å². The fraction of sp³-hybridized carbons (Fsp3) is 0.973. The van der Waals surface area contributed by atoms with Gasteiger partial charge in [-0.15, -0.1) is 0 Å². The number of hydrogen-bond donors (Lipinski definition) is 4. The highest BCUT2D eigenvalue weighted by Gasteiger charge is 2.58. The smallest absolute Gasteiger partial charge is 0.311 e. The van der Waals surface area contributed by atoms with E-state index in [-0.39, 0.29) is 36.8 Å². The van der Waals surface area contributed by atoms with Crippen molar-refractivity contribution in [3.05, 3.63) is 0 Å². The van der Waals surface area contributed by atoms with Crippen LogP contribution in [0.5, 0.6) is 0 Å². The Labute approximate surface area is 299 Å². The summed E-state index contributed by atoms with van der Waals surface area (Å²) in [6, 6.07) is -0.258. The van der Waals surface area contributed by atoms with Crippen molar-refractivity contribution in [1.29, 1.82) is 0 Å². The zero-order valence-corrected chi connectivity index (χ0v) is 32.6. The molecule has 4 rings (SSSR count). The summed E-state index contributed by atoms with van der Waals surface area (Å²) in [5, 5.41) is 46.5. The number of carbonyl (C=O) groups is 1. The number of ether oxygens (including phenoxy) is 7. The van der Waals surface area contributed by atoms with Gasteiger partial charge < -0.3 is 58.5 Å². The van der Waals surface area contributed by atoms with Crippen LogP contribution in [0.1, 0.15) is 94.9 Å². The molecule has 13 nitrogen and oxygen atoms in total. The minimum atomic E-state index is -1.56. The third-order valence-corrected chi connectivity index (χ3v) is 12.4. The SMILES string of the molecule is CC[C@H]1OC(=O)C(C)C(O[C@H]2C[C@@](C)(OC)[C@@H](O)[C@H](C)O2)[C@H](C)[C@@H](O[C@@H]2O[C@H](C)C[C@H](N(C)C)[C@H]2O)[C@](C)(O)C[C@@H](C)[C@@H]2O[C@@]1(C)[C@H](O)[C@H]2C. The first kappa shape index (κ1) is 41.8. The lowest BCUT2D eigenvalue weighted by atomic mass is 9.75. The number of aliphatic hydroxyl groups excluding tert-OH is 3. The van der Waals surface area contributed by atoms with Crippen LogP contribution in [0.25, 0.3) is 0 Å². The number of methoxy groups -OCH3 is 1. The van der Waals surface area contributed by atoms with Gasteiger partial charge in [-0.3, -0.25) is 4.79 Å². The Balaban J connectivity index is 1.81. The molecule has 0 spiro atoms. The van der Waals surface area contributed by atoms with Gasteiger partial charge in [-0.05, 0) is 80.8 Å². The molecule has 0 aliphatic carbocycles. The van der Waals surface area contributed by atoms with E-state index in [1.165, 1.54) is 7.11 Å². The van der Waals surface area contributed by atoms with Gasteiger partial charge in [0, 0.05) is 31.4 Å². The summed E-state index contributed by atoms with van der Waals surface area (Å²) in [4.78, 5) is 16.1. The van der Waals surface area contributed by atoms with Gasteiger partial charge >= 0.3 is 5.97 Å². The molecule has 0 radical (unpaired) electrons. The van der Waals surface area contributed by atoms with E-state index in [1.807, 2.05) is 53.6 Å². The van der Waals surface area contributed by atoms with Crippen molar-refractivity contribution < 1.29 is 58.4 Å². The number of esters is 1. The third kappa shape index (κ3) is 8.08. The van der Waals surface area contributed by atoms with Gasteiger partial charge in [0.15, 0.2) is 12.6 Å². The first-order valence-electron chi connectivity index (χ1n) is 18.6. The second-order valence-corrected chi connectivity index (χ2v) is 16.8. The van der Waals surface area contributed by atoms with E-state index in [0.29, 0.717) is 12.8 Å². The minimum absolute atomic E-state index is 0.167. The van der Waals surface area contributed by atoms with E-state index < -0.39 is 96.0 Å². The van der Waals surface area contributed by atoms with Crippen molar-refractivity contribution in [2.45, 2.75) is 185 Å². The predicted octanol–water partition coefficient (Wildman–Crippen LogP) is 2.62. The number of carbonyl (C=O) groups excluding carboxylic acids is 1. The summed E-state index contributed by atoms with van der Waals surface area (Å²) in [5.74, 6) is -2.76. The molecule has 4 N–H and O–H groups in total. The van der Waals surface area contributed by atoms with Crippen LogP contribution in [0.15, 0.2) is 0 Å². The molecule has 50 heavy (non-hydrogen) atoms. The van der Waals surface area contributed by atoms with Gasteiger partial charge in [-0.25, -0.2) is 0 Å². The molecule has 2 bridgehead atoms.